The lowest BCUT2D eigenvalue weighted by atomic mass is 9.87. The maximum atomic E-state index is 12.1. The van der Waals surface area contributed by atoms with Crippen molar-refractivity contribution in [1.29, 1.82) is 0 Å². The van der Waals surface area contributed by atoms with Gasteiger partial charge in [0.05, 0.1) is 0 Å². The number of rotatable bonds is 2. The van der Waals surface area contributed by atoms with Crippen molar-refractivity contribution >= 4 is 23.3 Å². The Kier molecular flexibility index (Phi) is 4.09. The lowest BCUT2D eigenvalue weighted by Gasteiger charge is -2.19. The van der Waals surface area contributed by atoms with Crippen molar-refractivity contribution in [1.82, 2.24) is 4.98 Å². The van der Waals surface area contributed by atoms with Crippen molar-refractivity contribution in [2.45, 2.75) is 26.2 Å². The summed E-state index contributed by atoms with van der Waals surface area (Å²) in [5.74, 6) is 0.252. The molecule has 0 radical (unpaired) electrons. The smallest absolute Gasteiger partial charge is 0.256 e. The highest BCUT2D eigenvalue weighted by atomic mass is 35.5. The summed E-state index contributed by atoms with van der Waals surface area (Å²) >= 11 is 5.85. The van der Waals surface area contributed by atoms with E-state index >= 15 is 0 Å². The van der Waals surface area contributed by atoms with E-state index in [4.69, 9.17) is 11.6 Å². The van der Waals surface area contributed by atoms with E-state index in [0.717, 1.165) is 0 Å². The molecule has 104 valence electrons. The van der Waals surface area contributed by atoms with Crippen molar-refractivity contribution in [2.75, 3.05) is 5.32 Å². The second-order valence-electron chi connectivity index (χ2n) is 5.64. The van der Waals surface area contributed by atoms with Gasteiger partial charge < -0.3 is 5.32 Å². The highest BCUT2D eigenvalue weighted by Crippen LogP contribution is 2.22. The molecule has 0 aliphatic rings. The number of hydrogen-bond acceptors (Lipinski definition) is 2. The molecule has 0 atom stereocenters. The largest absolute Gasteiger partial charge is 0.307 e. The summed E-state index contributed by atoms with van der Waals surface area (Å²) in [5, 5.41) is 3.26. The second kappa shape index (κ2) is 5.63. The van der Waals surface area contributed by atoms with Crippen LogP contribution in [0.4, 0.5) is 5.82 Å². The molecule has 2 aromatic rings. The summed E-state index contributed by atoms with van der Waals surface area (Å²) in [4.78, 5) is 16.1. The van der Waals surface area contributed by atoms with Crippen LogP contribution in [0.2, 0.25) is 5.02 Å². The van der Waals surface area contributed by atoms with Gasteiger partial charge in [-0.15, -0.1) is 0 Å². The van der Waals surface area contributed by atoms with E-state index in [1.54, 1.807) is 18.3 Å². The Bertz CT molecular complexity index is 615. The van der Waals surface area contributed by atoms with Crippen LogP contribution < -0.4 is 5.32 Å². The van der Waals surface area contributed by atoms with Gasteiger partial charge in [0, 0.05) is 16.8 Å². The van der Waals surface area contributed by atoms with Gasteiger partial charge >= 0.3 is 0 Å². The van der Waals surface area contributed by atoms with E-state index in [-0.39, 0.29) is 11.3 Å². The average molecular weight is 289 g/mol. The van der Waals surface area contributed by atoms with Gasteiger partial charge in [-0.1, -0.05) is 44.5 Å². The Morgan fingerprint density at radius 3 is 2.35 bits per heavy atom. The first-order chi connectivity index (χ1) is 9.36. The number of amides is 1. The molecule has 1 N–H and O–H groups in total. The molecule has 0 unspecified atom stereocenters. The molecule has 1 amide bonds. The molecule has 0 spiro atoms. The summed E-state index contributed by atoms with van der Waals surface area (Å²) in [6.07, 6.45) is 1.56. The van der Waals surface area contributed by atoms with Crippen molar-refractivity contribution in [3.8, 4) is 0 Å². The van der Waals surface area contributed by atoms with Gasteiger partial charge in [0.25, 0.3) is 5.91 Å². The minimum atomic E-state index is -0.194. The molecular weight excluding hydrogens is 272 g/mol. The highest BCUT2D eigenvalue weighted by Gasteiger charge is 2.14. The first-order valence-electron chi connectivity index (χ1n) is 6.40. The predicted molar refractivity (Wildman–Crippen MR) is 82.3 cm³/mol. The number of pyridine rings is 1. The van der Waals surface area contributed by atoms with E-state index in [9.17, 15) is 4.79 Å². The fraction of sp³-hybridized carbons (Fsp3) is 0.250. The topological polar surface area (TPSA) is 42.0 Å². The van der Waals surface area contributed by atoms with Gasteiger partial charge in [-0.05, 0) is 35.2 Å². The number of nitrogens with one attached hydrogen (secondary N) is 1. The van der Waals surface area contributed by atoms with Crippen LogP contribution in [0.25, 0.3) is 0 Å². The highest BCUT2D eigenvalue weighted by molar-refractivity contribution is 6.30. The summed E-state index contributed by atoms with van der Waals surface area (Å²) in [6.45, 7) is 6.41. The molecule has 0 saturated carbocycles. The lowest BCUT2D eigenvalue weighted by Crippen LogP contribution is -2.14. The number of halogens is 1. The minimum Gasteiger partial charge on any atom is -0.307 e. The van der Waals surface area contributed by atoms with Crippen LogP contribution in [0.3, 0.4) is 0 Å². The van der Waals surface area contributed by atoms with E-state index in [0.29, 0.717) is 16.4 Å². The summed E-state index contributed by atoms with van der Waals surface area (Å²) in [6, 6.07) is 10.9. The molecule has 3 nitrogen and oxygen atoms in total. The molecule has 2 rings (SSSR count). The van der Waals surface area contributed by atoms with Crippen molar-refractivity contribution in [3.05, 3.63) is 58.7 Å². The third-order valence-electron chi connectivity index (χ3n) is 2.98. The standard InChI is InChI=1S/C16H17ClN2O/c1-16(2,3)12-6-4-11(5-7-12)15(20)19-14-10-13(17)8-9-18-14/h4-10H,1-3H3,(H,18,19,20). The van der Waals surface area contributed by atoms with Gasteiger partial charge in [0.1, 0.15) is 5.82 Å². The Morgan fingerprint density at radius 1 is 1.15 bits per heavy atom. The first kappa shape index (κ1) is 14.5. The molecule has 1 aromatic heterocycles. The van der Waals surface area contributed by atoms with Crippen LogP contribution in [0.5, 0.6) is 0 Å². The number of carbonyl (C=O) groups is 1. The van der Waals surface area contributed by atoms with Gasteiger partial charge in [-0.3, -0.25) is 4.79 Å². The zero-order chi connectivity index (χ0) is 14.8. The number of anilines is 1. The van der Waals surface area contributed by atoms with Crippen molar-refractivity contribution < 1.29 is 4.79 Å². The number of benzene rings is 1. The van der Waals surface area contributed by atoms with Crippen LogP contribution in [0.15, 0.2) is 42.6 Å². The molecule has 0 bridgehead atoms. The second-order valence-corrected chi connectivity index (χ2v) is 6.08. The van der Waals surface area contributed by atoms with Gasteiger partial charge in [0.2, 0.25) is 0 Å². The SMILES string of the molecule is CC(C)(C)c1ccc(C(=O)Nc2cc(Cl)ccn2)cc1. The van der Waals surface area contributed by atoms with E-state index in [1.807, 2.05) is 24.3 Å². The van der Waals surface area contributed by atoms with Crippen LogP contribution >= 0.6 is 11.6 Å². The number of nitrogens with zero attached hydrogens (tertiary/aromatic N) is 1. The normalized spacial score (nSPS) is 11.2. The molecule has 0 aliphatic heterocycles. The van der Waals surface area contributed by atoms with Crippen LogP contribution in [-0.2, 0) is 5.41 Å². The summed E-state index contributed by atoms with van der Waals surface area (Å²) < 4.78 is 0. The molecule has 0 fully saturated rings. The van der Waals surface area contributed by atoms with E-state index in [1.165, 1.54) is 5.56 Å². The van der Waals surface area contributed by atoms with E-state index in [2.05, 4.69) is 31.1 Å². The zero-order valence-corrected chi connectivity index (χ0v) is 12.5. The molecular formula is C16H17ClN2O. The van der Waals surface area contributed by atoms with Crippen LogP contribution in [0, 0.1) is 0 Å². The summed E-state index contributed by atoms with van der Waals surface area (Å²) in [7, 11) is 0. The summed E-state index contributed by atoms with van der Waals surface area (Å²) in [5.41, 5.74) is 1.86. The maximum absolute atomic E-state index is 12.1. The Balaban J connectivity index is 2.14. The fourth-order valence-corrected chi connectivity index (χ4v) is 1.94. The van der Waals surface area contributed by atoms with Crippen molar-refractivity contribution in [3.63, 3.8) is 0 Å². The van der Waals surface area contributed by atoms with Gasteiger partial charge in [0.15, 0.2) is 0 Å². The van der Waals surface area contributed by atoms with Crippen LogP contribution in [-0.4, -0.2) is 10.9 Å². The minimum absolute atomic E-state index is 0.0729. The Labute approximate surface area is 124 Å². The average Bonchev–Trinajstić information content (AvgIpc) is 2.38. The Morgan fingerprint density at radius 2 is 1.80 bits per heavy atom. The van der Waals surface area contributed by atoms with Gasteiger partial charge in [-0.2, -0.15) is 0 Å². The maximum Gasteiger partial charge on any atom is 0.256 e. The zero-order valence-electron chi connectivity index (χ0n) is 11.8. The van der Waals surface area contributed by atoms with Crippen molar-refractivity contribution in [2.24, 2.45) is 0 Å². The monoisotopic (exact) mass is 288 g/mol. The third-order valence-corrected chi connectivity index (χ3v) is 3.21. The fourth-order valence-electron chi connectivity index (χ4n) is 1.78. The predicted octanol–water partition coefficient (Wildman–Crippen LogP) is 4.28. The van der Waals surface area contributed by atoms with Gasteiger partial charge in [-0.25, -0.2) is 4.98 Å². The third kappa shape index (κ3) is 3.58. The number of aromatic nitrogens is 1. The molecule has 0 saturated heterocycles. The Hall–Kier alpha value is -1.87. The van der Waals surface area contributed by atoms with Crippen LogP contribution in [0.1, 0.15) is 36.7 Å². The molecule has 1 heterocycles. The number of hydrogen-bond donors (Lipinski definition) is 1. The quantitative estimate of drug-likeness (QED) is 0.896. The first-order valence-corrected chi connectivity index (χ1v) is 6.77. The molecule has 0 aliphatic carbocycles. The number of carbonyl (C=O) groups excluding carboxylic acids is 1. The molecule has 4 heteroatoms. The molecule has 1 aromatic carbocycles. The lowest BCUT2D eigenvalue weighted by molar-refractivity contribution is 0.102. The van der Waals surface area contributed by atoms with E-state index < -0.39 is 0 Å². The molecule has 20 heavy (non-hydrogen) atoms.